The van der Waals surface area contributed by atoms with Crippen molar-refractivity contribution in [2.24, 2.45) is 10.3 Å². The number of aliphatic hydroxyl groups excluding tert-OH is 1. The molecule has 0 fully saturated rings. The van der Waals surface area contributed by atoms with Crippen LogP contribution in [0.2, 0.25) is 0 Å². The van der Waals surface area contributed by atoms with Gasteiger partial charge in [0.15, 0.2) is 11.6 Å². The lowest BCUT2D eigenvalue weighted by atomic mass is 9.65. The molecule has 1 aliphatic carbocycles. The van der Waals surface area contributed by atoms with Gasteiger partial charge in [-0.1, -0.05) is 44.2 Å². The molecule has 2 aromatic carbocycles. The second kappa shape index (κ2) is 8.90. The molecule has 0 saturated carbocycles. The Hall–Kier alpha value is -3.44. The zero-order chi connectivity index (χ0) is 26.5. The molecular formula is C25H27N3O6S2. The van der Waals surface area contributed by atoms with Gasteiger partial charge in [-0.25, -0.2) is 8.42 Å². The predicted octanol–water partition coefficient (Wildman–Crippen LogP) is 3.98. The van der Waals surface area contributed by atoms with Crippen LogP contribution in [0.25, 0.3) is 5.76 Å². The Labute approximate surface area is 210 Å². The molecule has 1 atom stereocenters. The maximum Gasteiger partial charge on any atom is 0.286 e. The Morgan fingerprint density at radius 1 is 1.22 bits per heavy atom. The molecule has 1 heterocycles. The van der Waals surface area contributed by atoms with Gasteiger partial charge in [0, 0.05) is 11.3 Å². The number of fused-ring (bicyclic) bond motifs is 2. The summed E-state index contributed by atoms with van der Waals surface area (Å²) >= 11 is 0. The van der Waals surface area contributed by atoms with E-state index in [1.54, 1.807) is 30.3 Å². The highest BCUT2D eigenvalue weighted by Gasteiger charge is 2.47. The molecule has 1 aliphatic heterocycles. The fourth-order valence-electron chi connectivity index (χ4n) is 4.50. The van der Waals surface area contributed by atoms with E-state index in [-0.39, 0.29) is 39.4 Å². The van der Waals surface area contributed by atoms with E-state index in [2.05, 4.69) is 21.0 Å². The fraction of sp³-hybridized carbons (Fsp3) is 0.280. The molecule has 0 radical (unpaired) electrons. The lowest BCUT2D eigenvalue weighted by Gasteiger charge is -2.37. The second-order valence-corrected chi connectivity index (χ2v) is 12.7. The minimum atomic E-state index is -4.35. The van der Waals surface area contributed by atoms with Gasteiger partial charge in [-0.3, -0.25) is 9.52 Å². The topological polar surface area (TPSA) is 142 Å². The van der Waals surface area contributed by atoms with Crippen molar-refractivity contribution in [1.82, 2.24) is 0 Å². The number of aliphatic hydroxyl groups is 1. The minimum Gasteiger partial charge on any atom is -0.506 e. The van der Waals surface area contributed by atoms with Crippen LogP contribution < -0.4 is 10.0 Å². The third-order valence-electron chi connectivity index (χ3n) is 6.26. The van der Waals surface area contributed by atoms with E-state index in [0.717, 1.165) is 12.3 Å². The van der Waals surface area contributed by atoms with Crippen molar-refractivity contribution in [1.29, 1.82) is 0 Å². The van der Waals surface area contributed by atoms with E-state index in [4.69, 9.17) is 0 Å². The summed E-state index contributed by atoms with van der Waals surface area (Å²) in [4.78, 5) is 13.8. The molecular weight excluding hydrogens is 502 g/mol. The largest absolute Gasteiger partial charge is 0.506 e. The number of carbonyl (C=O) groups excluding carboxylic acids is 1. The van der Waals surface area contributed by atoms with Crippen molar-refractivity contribution in [2.45, 2.75) is 37.0 Å². The highest BCUT2D eigenvalue weighted by molar-refractivity contribution is 7.92. The first-order chi connectivity index (χ1) is 16.8. The molecule has 3 N–H and O–H groups in total. The van der Waals surface area contributed by atoms with Crippen molar-refractivity contribution >= 4 is 48.8 Å². The average Bonchev–Trinajstić information content (AvgIpc) is 2.78. The summed E-state index contributed by atoms with van der Waals surface area (Å²) in [6, 6.07) is 10.8. The zero-order valence-corrected chi connectivity index (χ0v) is 21.7. The maximum atomic E-state index is 14.0. The molecule has 9 nitrogen and oxygen atoms in total. The van der Waals surface area contributed by atoms with Gasteiger partial charge in [0.2, 0.25) is 10.0 Å². The van der Waals surface area contributed by atoms with E-state index >= 15 is 0 Å². The molecule has 0 amide bonds. The fourth-order valence-corrected chi connectivity index (χ4v) is 6.20. The number of carbonyl (C=O) groups is 1. The first-order valence-corrected chi connectivity index (χ1v) is 14.6. The van der Waals surface area contributed by atoms with Gasteiger partial charge in [-0.2, -0.15) is 8.42 Å². The highest BCUT2D eigenvalue weighted by Crippen LogP contribution is 2.45. The smallest absolute Gasteiger partial charge is 0.286 e. The standard InChI is InChI=1S/C25H27N3O6S2/c1-5-25(13-12-15(2)3)18-9-7-6-8-17(18)22(29)21(23(25)30)24-26-19-11-10-16(27-35(4,31)32)14-20(19)36(33,34)28-24/h5-11,14-15,27,29H,1,12-13H2,2-4H3,(H,26,28). The number of anilines is 2. The number of hydrogen-bond acceptors (Lipinski definition) is 7. The van der Waals surface area contributed by atoms with E-state index in [0.29, 0.717) is 24.0 Å². The van der Waals surface area contributed by atoms with Crippen LogP contribution in [0.5, 0.6) is 0 Å². The van der Waals surface area contributed by atoms with Crippen molar-refractivity contribution in [2.75, 3.05) is 16.3 Å². The second-order valence-electron chi connectivity index (χ2n) is 9.33. The molecule has 4 rings (SSSR count). The van der Waals surface area contributed by atoms with Crippen molar-refractivity contribution in [3.8, 4) is 0 Å². The third-order valence-corrected chi connectivity index (χ3v) is 8.18. The molecule has 1 unspecified atom stereocenters. The number of sulfonamides is 2. The van der Waals surface area contributed by atoms with Crippen LogP contribution in [0, 0.1) is 5.92 Å². The quantitative estimate of drug-likeness (QED) is 0.461. The molecule has 0 bridgehead atoms. The van der Waals surface area contributed by atoms with Crippen LogP contribution in [0.1, 0.15) is 37.8 Å². The summed E-state index contributed by atoms with van der Waals surface area (Å²) in [6.07, 6.45) is 3.61. The molecule has 0 spiro atoms. The van der Waals surface area contributed by atoms with Crippen LogP contribution >= 0.6 is 0 Å². The van der Waals surface area contributed by atoms with Crippen LogP contribution in [0.15, 0.2) is 70.0 Å². The van der Waals surface area contributed by atoms with E-state index < -0.39 is 31.2 Å². The van der Waals surface area contributed by atoms with Gasteiger partial charge in [-0.05, 0) is 42.5 Å². The lowest BCUT2D eigenvalue weighted by Crippen LogP contribution is -2.43. The first kappa shape index (κ1) is 25.6. The number of Topliss-reactive ketones (excluding diaryl/α,β-unsaturated/α-hetero) is 1. The number of allylic oxidation sites excluding steroid dienone is 1. The SMILES string of the molecule is C=CC1(CCC(C)C)C(=O)C(C2=NS(=O)(=O)c3cc(NS(C)(=O)=O)ccc3N2)=C(O)c2ccccc21. The minimum absolute atomic E-state index is 0.0457. The molecule has 190 valence electrons. The average molecular weight is 530 g/mol. The van der Waals surface area contributed by atoms with Crippen LogP contribution in [-0.4, -0.2) is 39.8 Å². The number of amidine groups is 1. The van der Waals surface area contributed by atoms with Gasteiger partial charge in [0.05, 0.1) is 17.4 Å². The number of nitrogens with one attached hydrogen (secondary N) is 2. The van der Waals surface area contributed by atoms with Crippen LogP contribution in [0.3, 0.4) is 0 Å². The Bertz CT molecular complexity index is 1560. The van der Waals surface area contributed by atoms with E-state index in [1.165, 1.54) is 12.1 Å². The van der Waals surface area contributed by atoms with Crippen molar-refractivity contribution in [3.05, 3.63) is 71.8 Å². The molecule has 0 saturated heterocycles. The Balaban J connectivity index is 1.87. The molecule has 11 heteroatoms. The summed E-state index contributed by atoms with van der Waals surface area (Å²) < 4.78 is 55.4. The maximum absolute atomic E-state index is 14.0. The van der Waals surface area contributed by atoms with E-state index in [1.807, 2.05) is 13.8 Å². The van der Waals surface area contributed by atoms with E-state index in [9.17, 15) is 26.7 Å². The van der Waals surface area contributed by atoms with Gasteiger partial charge in [0.25, 0.3) is 10.0 Å². The normalized spacial score (nSPS) is 20.8. The van der Waals surface area contributed by atoms with Gasteiger partial charge in [-0.15, -0.1) is 11.0 Å². The summed E-state index contributed by atoms with van der Waals surface area (Å²) in [5.41, 5.74) is -0.286. The first-order valence-electron chi connectivity index (χ1n) is 11.2. The van der Waals surface area contributed by atoms with Crippen molar-refractivity contribution in [3.63, 3.8) is 0 Å². The van der Waals surface area contributed by atoms with Gasteiger partial charge >= 0.3 is 0 Å². The lowest BCUT2D eigenvalue weighted by molar-refractivity contribution is -0.119. The number of ketones is 1. The number of benzene rings is 2. The monoisotopic (exact) mass is 529 g/mol. The third kappa shape index (κ3) is 4.44. The summed E-state index contributed by atoms with van der Waals surface area (Å²) in [5, 5.41) is 14.0. The number of rotatable bonds is 7. The number of nitrogens with zero attached hydrogens (tertiary/aromatic N) is 1. The van der Waals surface area contributed by atoms with Crippen molar-refractivity contribution < 1.29 is 26.7 Å². The van der Waals surface area contributed by atoms with Crippen LogP contribution in [0.4, 0.5) is 11.4 Å². The Morgan fingerprint density at radius 3 is 2.56 bits per heavy atom. The Morgan fingerprint density at radius 2 is 1.92 bits per heavy atom. The highest BCUT2D eigenvalue weighted by atomic mass is 32.2. The number of hydrogen-bond donors (Lipinski definition) is 3. The predicted molar refractivity (Wildman–Crippen MR) is 140 cm³/mol. The Kier molecular flexibility index (Phi) is 6.34. The summed E-state index contributed by atoms with van der Waals surface area (Å²) in [7, 11) is -7.98. The molecule has 36 heavy (non-hydrogen) atoms. The molecule has 0 aromatic heterocycles. The van der Waals surface area contributed by atoms with Gasteiger partial charge < -0.3 is 10.4 Å². The summed E-state index contributed by atoms with van der Waals surface area (Å²) in [6.45, 7) is 8.00. The molecule has 2 aliphatic rings. The van der Waals surface area contributed by atoms with Gasteiger partial charge in [0.1, 0.15) is 16.2 Å². The molecule has 2 aromatic rings. The van der Waals surface area contributed by atoms with Crippen LogP contribution in [-0.2, 0) is 30.3 Å². The zero-order valence-electron chi connectivity index (χ0n) is 20.1. The summed E-state index contributed by atoms with van der Waals surface area (Å²) in [5.74, 6) is -0.900.